The van der Waals surface area contributed by atoms with Crippen LogP contribution in [-0.4, -0.2) is 18.1 Å². The standard InChI is InChI=1S/C24H34N2O2/c1-4-5-12-27-21-10-7-17(8-11-21)23-26-20(16-28-23)15-25-14-18-6-9-19-13-22(18)24(19,2)3/h7-8,10-11,16,18-19,22,25H,4-6,9,12-15H2,1-3H3/t18-,19-,22-/m0/s1. The van der Waals surface area contributed by atoms with Gasteiger partial charge in [0, 0.05) is 12.1 Å². The normalized spacial score (nSPS) is 25.3. The number of nitrogens with zero attached hydrogens (tertiary/aromatic N) is 1. The number of aromatic nitrogens is 1. The van der Waals surface area contributed by atoms with Crippen molar-refractivity contribution in [2.45, 2.75) is 59.4 Å². The van der Waals surface area contributed by atoms with Gasteiger partial charge in [-0.05, 0) is 79.7 Å². The van der Waals surface area contributed by atoms with E-state index < -0.39 is 0 Å². The second-order valence-corrected chi connectivity index (χ2v) is 9.20. The smallest absolute Gasteiger partial charge is 0.226 e. The molecule has 152 valence electrons. The molecule has 0 aliphatic heterocycles. The maximum absolute atomic E-state index is 5.72. The van der Waals surface area contributed by atoms with Crippen LogP contribution in [0.15, 0.2) is 34.9 Å². The van der Waals surface area contributed by atoms with Gasteiger partial charge >= 0.3 is 0 Å². The number of benzene rings is 1. The van der Waals surface area contributed by atoms with Crippen LogP contribution in [0.5, 0.6) is 5.75 Å². The van der Waals surface area contributed by atoms with Crippen LogP contribution in [0.1, 0.15) is 58.6 Å². The molecule has 3 aliphatic rings. The van der Waals surface area contributed by atoms with Crippen LogP contribution in [0.2, 0.25) is 0 Å². The molecule has 4 nitrogen and oxygen atoms in total. The molecule has 2 aromatic rings. The molecule has 28 heavy (non-hydrogen) atoms. The molecule has 0 saturated heterocycles. The van der Waals surface area contributed by atoms with Crippen LogP contribution < -0.4 is 10.1 Å². The quantitative estimate of drug-likeness (QED) is 0.567. The summed E-state index contributed by atoms with van der Waals surface area (Å²) < 4.78 is 11.4. The first kappa shape index (κ1) is 19.5. The minimum absolute atomic E-state index is 0.554. The first-order chi connectivity index (χ1) is 13.6. The molecule has 3 aliphatic carbocycles. The Morgan fingerprint density at radius 2 is 2.04 bits per heavy atom. The van der Waals surface area contributed by atoms with E-state index in [1.54, 1.807) is 6.26 Å². The Morgan fingerprint density at radius 1 is 1.21 bits per heavy atom. The predicted molar refractivity (Wildman–Crippen MR) is 112 cm³/mol. The number of rotatable bonds is 9. The zero-order valence-corrected chi connectivity index (χ0v) is 17.5. The van der Waals surface area contributed by atoms with Crippen LogP contribution >= 0.6 is 0 Å². The van der Waals surface area contributed by atoms with E-state index in [0.29, 0.717) is 11.3 Å². The lowest BCUT2D eigenvalue weighted by molar-refractivity contribution is -0.103. The summed E-state index contributed by atoms with van der Waals surface area (Å²) >= 11 is 0. The van der Waals surface area contributed by atoms with Gasteiger partial charge in [-0.2, -0.15) is 0 Å². The van der Waals surface area contributed by atoms with Gasteiger partial charge < -0.3 is 14.5 Å². The minimum atomic E-state index is 0.554. The Hall–Kier alpha value is -1.81. The second-order valence-electron chi connectivity index (χ2n) is 9.20. The molecule has 1 heterocycles. The van der Waals surface area contributed by atoms with Gasteiger partial charge in [0.05, 0.1) is 12.3 Å². The molecule has 0 radical (unpaired) electrons. The Morgan fingerprint density at radius 3 is 2.75 bits per heavy atom. The molecule has 2 bridgehead atoms. The third-order valence-corrected chi connectivity index (χ3v) is 7.13. The van der Waals surface area contributed by atoms with Gasteiger partial charge in [-0.3, -0.25) is 0 Å². The maximum atomic E-state index is 5.72. The van der Waals surface area contributed by atoms with E-state index in [1.807, 2.05) is 24.3 Å². The molecule has 4 heteroatoms. The van der Waals surface area contributed by atoms with Gasteiger partial charge in [-0.25, -0.2) is 4.98 Å². The van der Waals surface area contributed by atoms with Gasteiger partial charge in [0.15, 0.2) is 0 Å². The zero-order valence-electron chi connectivity index (χ0n) is 17.5. The van der Waals surface area contributed by atoms with Crippen molar-refractivity contribution in [1.82, 2.24) is 10.3 Å². The van der Waals surface area contributed by atoms with Crippen LogP contribution in [0.4, 0.5) is 0 Å². The first-order valence-corrected chi connectivity index (χ1v) is 11.0. The topological polar surface area (TPSA) is 47.3 Å². The van der Waals surface area contributed by atoms with Crippen LogP contribution in [-0.2, 0) is 6.54 Å². The van der Waals surface area contributed by atoms with Crippen LogP contribution in [0.25, 0.3) is 11.5 Å². The molecule has 5 rings (SSSR count). The monoisotopic (exact) mass is 382 g/mol. The van der Waals surface area contributed by atoms with Crippen molar-refractivity contribution < 1.29 is 9.15 Å². The van der Waals surface area contributed by atoms with Crippen LogP contribution in [0, 0.1) is 23.2 Å². The van der Waals surface area contributed by atoms with Crippen molar-refractivity contribution in [3.63, 3.8) is 0 Å². The highest BCUT2D eigenvalue weighted by Crippen LogP contribution is 2.61. The number of nitrogens with one attached hydrogen (secondary N) is 1. The Labute approximate surface area is 169 Å². The molecule has 3 saturated carbocycles. The van der Waals surface area contributed by atoms with Crippen molar-refractivity contribution in [3.05, 3.63) is 36.2 Å². The van der Waals surface area contributed by atoms with Gasteiger partial charge in [0.1, 0.15) is 12.0 Å². The van der Waals surface area contributed by atoms with Crippen molar-refractivity contribution in [2.24, 2.45) is 23.2 Å². The number of oxazole rings is 1. The largest absolute Gasteiger partial charge is 0.494 e. The fourth-order valence-corrected chi connectivity index (χ4v) is 5.14. The van der Waals surface area contributed by atoms with Crippen molar-refractivity contribution in [3.8, 4) is 17.2 Å². The number of hydrogen-bond donors (Lipinski definition) is 1. The molecule has 0 unspecified atom stereocenters. The summed E-state index contributed by atoms with van der Waals surface area (Å²) in [5, 5.41) is 3.62. The average Bonchev–Trinajstić information content (AvgIpc) is 3.17. The summed E-state index contributed by atoms with van der Waals surface area (Å²) in [6.07, 6.45) is 8.22. The predicted octanol–water partition coefficient (Wildman–Crippen LogP) is 5.68. The minimum Gasteiger partial charge on any atom is -0.494 e. The lowest BCUT2D eigenvalue weighted by atomic mass is 9.45. The Balaban J connectivity index is 1.26. The van der Waals surface area contributed by atoms with Crippen LogP contribution in [0.3, 0.4) is 0 Å². The highest BCUT2D eigenvalue weighted by Gasteiger charge is 2.53. The summed E-state index contributed by atoms with van der Waals surface area (Å²) in [5.41, 5.74) is 2.52. The van der Waals surface area contributed by atoms with Gasteiger partial charge in [0.25, 0.3) is 0 Å². The van der Waals surface area contributed by atoms with E-state index in [2.05, 4.69) is 31.1 Å². The molecule has 3 atom stereocenters. The molecule has 1 aromatic heterocycles. The SMILES string of the molecule is CCCCOc1ccc(-c2nc(CNC[C@@H]3CC[C@H]4C[C@@H]3C4(C)C)co2)cc1. The third kappa shape index (κ3) is 3.98. The molecular weight excluding hydrogens is 348 g/mol. The summed E-state index contributed by atoms with van der Waals surface area (Å²) in [5.74, 6) is 4.25. The van der Waals surface area contributed by atoms with Crippen molar-refractivity contribution >= 4 is 0 Å². The van der Waals surface area contributed by atoms with E-state index in [0.717, 1.165) is 67.3 Å². The summed E-state index contributed by atoms with van der Waals surface area (Å²) in [6.45, 7) is 9.72. The van der Waals surface area contributed by atoms with Gasteiger partial charge in [-0.1, -0.05) is 27.2 Å². The fraction of sp³-hybridized carbons (Fsp3) is 0.625. The lowest BCUT2D eigenvalue weighted by Gasteiger charge is -2.60. The number of ether oxygens (including phenoxy) is 1. The highest BCUT2D eigenvalue weighted by atomic mass is 16.5. The number of fused-ring (bicyclic) bond motifs is 2. The number of unbranched alkanes of at least 4 members (excludes halogenated alkanes) is 1. The first-order valence-electron chi connectivity index (χ1n) is 11.0. The molecular formula is C24H34N2O2. The summed E-state index contributed by atoms with van der Waals surface area (Å²) in [7, 11) is 0. The van der Waals surface area contributed by atoms with E-state index >= 15 is 0 Å². The van der Waals surface area contributed by atoms with E-state index in [9.17, 15) is 0 Å². The fourth-order valence-electron chi connectivity index (χ4n) is 5.14. The molecule has 1 N–H and O–H groups in total. The van der Waals surface area contributed by atoms with Crippen molar-refractivity contribution in [1.29, 1.82) is 0 Å². The second kappa shape index (κ2) is 8.28. The van der Waals surface area contributed by atoms with Gasteiger partial charge in [-0.15, -0.1) is 0 Å². The Kier molecular flexibility index (Phi) is 5.77. The van der Waals surface area contributed by atoms with E-state index in [1.165, 1.54) is 19.3 Å². The molecule has 0 amide bonds. The van der Waals surface area contributed by atoms with Crippen molar-refractivity contribution in [2.75, 3.05) is 13.2 Å². The molecule has 3 fully saturated rings. The third-order valence-electron chi connectivity index (χ3n) is 7.13. The van der Waals surface area contributed by atoms with Gasteiger partial charge in [0.2, 0.25) is 5.89 Å². The highest BCUT2D eigenvalue weighted by molar-refractivity contribution is 5.54. The zero-order chi connectivity index (χ0) is 19.6. The number of hydrogen-bond acceptors (Lipinski definition) is 4. The van der Waals surface area contributed by atoms with E-state index in [-0.39, 0.29) is 0 Å². The summed E-state index contributed by atoms with van der Waals surface area (Å²) in [6, 6.07) is 8.01. The van der Waals surface area contributed by atoms with E-state index in [4.69, 9.17) is 9.15 Å². The maximum Gasteiger partial charge on any atom is 0.226 e. The summed E-state index contributed by atoms with van der Waals surface area (Å²) in [4.78, 5) is 4.66. The lowest BCUT2D eigenvalue weighted by Crippen LogP contribution is -2.54. The molecule has 1 aromatic carbocycles. The average molecular weight is 383 g/mol. The Bertz CT molecular complexity index is 763. The molecule has 0 spiro atoms.